The summed E-state index contributed by atoms with van der Waals surface area (Å²) in [6.45, 7) is 8.44. The van der Waals surface area contributed by atoms with Crippen molar-refractivity contribution < 1.29 is 9.59 Å². The second kappa shape index (κ2) is 9.08. The number of nitrogens with two attached hydrogens (primary N) is 1. The molecule has 1 amide bonds. The summed E-state index contributed by atoms with van der Waals surface area (Å²) in [6, 6.07) is 8.54. The molecule has 2 aromatic rings. The first-order chi connectivity index (χ1) is 14.8. The van der Waals surface area contributed by atoms with Crippen LogP contribution in [-0.4, -0.2) is 35.4 Å². The summed E-state index contributed by atoms with van der Waals surface area (Å²) >= 11 is 3.24. The summed E-state index contributed by atoms with van der Waals surface area (Å²) in [7, 11) is 0. The van der Waals surface area contributed by atoms with E-state index in [4.69, 9.17) is 5.73 Å². The molecule has 0 spiro atoms. The number of thiophene rings is 1. The molecule has 0 radical (unpaired) electrons. The molecule has 0 unspecified atom stereocenters. The van der Waals surface area contributed by atoms with Gasteiger partial charge < -0.3 is 10.6 Å². The summed E-state index contributed by atoms with van der Waals surface area (Å²) in [5, 5.41) is 0. The normalized spacial score (nSPS) is 18.8. The highest BCUT2D eigenvalue weighted by Gasteiger charge is 2.38. The predicted molar refractivity (Wildman–Crippen MR) is 129 cm³/mol. The van der Waals surface area contributed by atoms with Crippen LogP contribution in [0.4, 0.5) is 0 Å². The lowest BCUT2D eigenvalue weighted by atomic mass is 9.74. The van der Waals surface area contributed by atoms with Crippen LogP contribution in [0.3, 0.4) is 0 Å². The van der Waals surface area contributed by atoms with Crippen LogP contribution < -0.4 is 5.73 Å². The van der Waals surface area contributed by atoms with Gasteiger partial charge in [-0.25, -0.2) is 0 Å². The zero-order chi connectivity index (χ0) is 22.2. The SMILES string of the molecule is CCSc1sc(C(=O)N2CCC(c3cccc(CN)c3)CC2)c2c1C(=O)CC(C)(C)C2. The van der Waals surface area contributed by atoms with E-state index >= 15 is 0 Å². The fourth-order valence-corrected chi connectivity index (χ4v) is 7.42. The molecule has 31 heavy (non-hydrogen) atoms. The molecule has 1 aliphatic carbocycles. The molecule has 1 aliphatic heterocycles. The Balaban J connectivity index is 1.54. The van der Waals surface area contributed by atoms with Crippen molar-refractivity contribution >= 4 is 34.8 Å². The van der Waals surface area contributed by atoms with Crippen molar-refractivity contribution in [3.05, 3.63) is 51.4 Å². The van der Waals surface area contributed by atoms with Crippen molar-refractivity contribution in [2.75, 3.05) is 18.8 Å². The van der Waals surface area contributed by atoms with E-state index in [1.54, 1.807) is 23.1 Å². The van der Waals surface area contributed by atoms with Gasteiger partial charge in [0.15, 0.2) is 5.78 Å². The Bertz CT molecular complexity index is 987. The number of carbonyl (C=O) groups excluding carboxylic acids is 2. The lowest BCUT2D eigenvalue weighted by Gasteiger charge is -2.33. The quantitative estimate of drug-likeness (QED) is 0.604. The Hall–Kier alpha value is -1.63. The van der Waals surface area contributed by atoms with Gasteiger partial charge in [-0.05, 0) is 53.0 Å². The van der Waals surface area contributed by atoms with Crippen LogP contribution in [-0.2, 0) is 13.0 Å². The minimum Gasteiger partial charge on any atom is -0.338 e. The third-order valence-corrected chi connectivity index (χ3v) is 8.83. The fourth-order valence-electron chi connectivity index (χ4n) is 4.90. The van der Waals surface area contributed by atoms with Crippen LogP contribution in [0, 0.1) is 5.41 Å². The van der Waals surface area contributed by atoms with E-state index < -0.39 is 0 Å². The number of piperidine rings is 1. The minimum absolute atomic E-state index is 0.0880. The number of benzene rings is 1. The number of fused-ring (bicyclic) bond motifs is 1. The lowest BCUT2D eigenvalue weighted by Crippen LogP contribution is -2.38. The van der Waals surface area contributed by atoms with E-state index in [1.807, 2.05) is 4.90 Å². The predicted octanol–water partition coefficient (Wildman–Crippen LogP) is 5.49. The number of thioether (sulfide) groups is 1. The van der Waals surface area contributed by atoms with Gasteiger partial charge in [0.25, 0.3) is 5.91 Å². The van der Waals surface area contributed by atoms with Gasteiger partial charge in [-0.3, -0.25) is 9.59 Å². The number of Topliss-reactive ketones (excluding diaryl/α,β-unsaturated/α-hetero) is 1. The summed E-state index contributed by atoms with van der Waals surface area (Å²) < 4.78 is 1.04. The topological polar surface area (TPSA) is 63.4 Å². The summed E-state index contributed by atoms with van der Waals surface area (Å²) in [5.41, 5.74) is 10.1. The summed E-state index contributed by atoms with van der Waals surface area (Å²) in [6.07, 6.45) is 3.30. The number of ketones is 1. The average Bonchev–Trinajstić information content (AvgIpc) is 3.11. The molecule has 2 N–H and O–H groups in total. The molecule has 4 rings (SSSR count). The second-order valence-electron chi connectivity index (χ2n) is 9.46. The molecule has 0 saturated carbocycles. The maximum Gasteiger partial charge on any atom is 0.264 e. The van der Waals surface area contributed by atoms with Crippen molar-refractivity contribution in [1.82, 2.24) is 4.90 Å². The number of carbonyl (C=O) groups is 2. The highest BCUT2D eigenvalue weighted by Crippen LogP contribution is 2.45. The van der Waals surface area contributed by atoms with Gasteiger partial charge in [0.05, 0.1) is 9.09 Å². The van der Waals surface area contributed by atoms with Crippen molar-refractivity contribution in [2.45, 2.75) is 63.1 Å². The molecular formula is C25H32N2O2S2. The molecule has 2 aliphatic rings. The standard InChI is InChI=1S/C25H32N2O2S2/c1-4-30-24-21-19(13-25(2,3)14-20(21)28)22(31-24)23(29)27-10-8-17(9-11-27)18-7-5-6-16(12-18)15-26/h5-7,12,17H,4,8-11,13-15,26H2,1-3H3. The molecule has 1 aromatic heterocycles. The molecule has 166 valence electrons. The van der Waals surface area contributed by atoms with Crippen LogP contribution in [0.5, 0.6) is 0 Å². The molecule has 1 fully saturated rings. The first-order valence-electron chi connectivity index (χ1n) is 11.2. The number of amides is 1. The Morgan fingerprint density at radius 3 is 2.68 bits per heavy atom. The van der Waals surface area contributed by atoms with E-state index in [9.17, 15) is 9.59 Å². The maximum atomic E-state index is 13.5. The first kappa shape index (κ1) is 22.6. The zero-order valence-corrected chi connectivity index (χ0v) is 20.3. The van der Waals surface area contributed by atoms with Crippen molar-refractivity contribution in [3.63, 3.8) is 0 Å². The molecule has 0 bridgehead atoms. The Morgan fingerprint density at radius 2 is 2.00 bits per heavy atom. The second-order valence-corrected chi connectivity index (χ2v) is 12.0. The number of likely N-dealkylation sites (tertiary alicyclic amines) is 1. The van der Waals surface area contributed by atoms with Crippen molar-refractivity contribution in [2.24, 2.45) is 11.1 Å². The molecule has 2 heterocycles. The van der Waals surface area contributed by atoms with E-state index in [0.717, 1.165) is 63.9 Å². The minimum atomic E-state index is -0.0880. The highest BCUT2D eigenvalue weighted by atomic mass is 32.2. The van der Waals surface area contributed by atoms with Crippen LogP contribution in [0.2, 0.25) is 0 Å². The zero-order valence-electron chi connectivity index (χ0n) is 18.7. The van der Waals surface area contributed by atoms with Crippen LogP contribution in [0.25, 0.3) is 0 Å². The Kier molecular flexibility index (Phi) is 6.61. The third-order valence-electron chi connectivity index (χ3n) is 6.46. The van der Waals surface area contributed by atoms with Gasteiger partial charge >= 0.3 is 0 Å². The Morgan fingerprint density at radius 1 is 1.26 bits per heavy atom. The number of nitrogens with zero attached hydrogens (tertiary/aromatic N) is 1. The number of hydrogen-bond donors (Lipinski definition) is 1. The van der Waals surface area contributed by atoms with Crippen molar-refractivity contribution in [3.8, 4) is 0 Å². The van der Waals surface area contributed by atoms with E-state index in [2.05, 4.69) is 45.0 Å². The first-order valence-corrected chi connectivity index (χ1v) is 13.0. The van der Waals surface area contributed by atoms with Gasteiger partial charge in [-0.15, -0.1) is 23.1 Å². The van der Waals surface area contributed by atoms with Gasteiger partial charge in [0.2, 0.25) is 0 Å². The number of hydrogen-bond acceptors (Lipinski definition) is 5. The van der Waals surface area contributed by atoms with E-state index in [1.165, 1.54) is 5.56 Å². The smallest absolute Gasteiger partial charge is 0.264 e. The summed E-state index contributed by atoms with van der Waals surface area (Å²) in [4.78, 5) is 29.3. The molecule has 1 saturated heterocycles. The highest BCUT2D eigenvalue weighted by molar-refractivity contribution is 8.01. The lowest BCUT2D eigenvalue weighted by molar-refractivity contribution is 0.0716. The third kappa shape index (κ3) is 4.62. The van der Waals surface area contributed by atoms with Crippen LogP contribution in [0.1, 0.15) is 82.7 Å². The van der Waals surface area contributed by atoms with E-state index in [-0.39, 0.29) is 17.1 Å². The molecule has 1 aromatic carbocycles. The van der Waals surface area contributed by atoms with Gasteiger partial charge in [0, 0.05) is 31.6 Å². The van der Waals surface area contributed by atoms with Gasteiger partial charge in [-0.1, -0.05) is 45.0 Å². The average molecular weight is 457 g/mol. The number of rotatable bonds is 5. The maximum absolute atomic E-state index is 13.5. The molecule has 6 heteroatoms. The molecule has 4 nitrogen and oxygen atoms in total. The van der Waals surface area contributed by atoms with Crippen LogP contribution >= 0.6 is 23.1 Å². The van der Waals surface area contributed by atoms with Gasteiger partial charge in [-0.2, -0.15) is 0 Å². The summed E-state index contributed by atoms with van der Waals surface area (Å²) in [5.74, 6) is 1.70. The van der Waals surface area contributed by atoms with Gasteiger partial charge in [0.1, 0.15) is 0 Å². The fraction of sp³-hybridized carbons (Fsp3) is 0.520. The monoisotopic (exact) mass is 456 g/mol. The van der Waals surface area contributed by atoms with E-state index in [0.29, 0.717) is 18.9 Å². The molecule has 0 atom stereocenters. The Labute approximate surface area is 193 Å². The molecular weight excluding hydrogens is 424 g/mol. The van der Waals surface area contributed by atoms with Crippen molar-refractivity contribution in [1.29, 1.82) is 0 Å². The van der Waals surface area contributed by atoms with Crippen LogP contribution in [0.15, 0.2) is 28.5 Å². The largest absolute Gasteiger partial charge is 0.338 e.